The highest BCUT2D eigenvalue weighted by atomic mass is 16.5. The first-order valence-corrected chi connectivity index (χ1v) is 9.98. The highest BCUT2D eigenvalue weighted by molar-refractivity contribution is 5.51. The van der Waals surface area contributed by atoms with E-state index in [0.717, 1.165) is 12.2 Å². The molecule has 1 nitrogen and oxygen atoms in total. The molecule has 0 radical (unpaired) electrons. The molecule has 1 aliphatic heterocycles. The lowest BCUT2D eigenvalue weighted by atomic mass is 9.67. The maximum atomic E-state index is 6.58. The van der Waals surface area contributed by atoms with Crippen LogP contribution in [0.25, 0.3) is 0 Å². The summed E-state index contributed by atoms with van der Waals surface area (Å²) < 4.78 is 6.58. The third-order valence-electron chi connectivity index (χ3n) is 6.08. The van der Waals surface area contributed by atoms with Gasteiger partial charge in [0, 0.05) is 17.4 Å². The number of unbranched alkanes of at least 4 members (excludes halogenated alkanes) is 2. The summed E-state index contributed by atoms with van der Waals surface area (Å²) >= 11 is 0. The van der Waals surface area contributed by atoms with E-state index in [1.54, 1.807) is 5.57 Å². The molecule has 1 aromatic rings. The van der Waals surface area contributed by atoms with Gasteiger partial charge in [-0.15, -0.1) is 0 Å². The number of ether oxygens (including phenoxy) is 1. The van der Waals surface area contributed by atoms with Gasteiger partial charge in [0.2, 0.25) is 0 Å². The summed E-state index contributed by atoms with van der Waals surface area (Å²) in [7, 11) is 0. The molecule has 1 heteroatoms. The van der Waals surface area contributed by atoms with Crippen LogP contribution in [0.3, 0.4) is 0 Å². The molecule has 1 heterocycles. The SMILES string of the molecule is CCCCCc1cc(CC)c2c(c1)OC(C)(C)C1CCC(C)=CC21. The average Bonchev–Trinajstić information content (AvgIpc) is 2.53. The fourth-order valence-electron chi connectivity index (χ4n) is 4.72. The van der Waals surface area contributed by atoms with E-state index < -0.39 is 0 Å². The largest absolute Gasteiger partial charge is 0.487 e. The standard InChI is InChI=1S/C23H34O/c1-6-8-9-10-17-14-18(7-2)22-19-13-16(3)11-12-20(19)23(4,5)24-21(22)15-17/h13-15,19-20H,6-12H2,1-5H3. The monoisotopic (exact) mass is 326 g/mol. The van der Waals surface area contributed by atoms with Crippen LogP contribution in [0, 0.1) is 5.92 Å². The number of rotatable bonds is 5. The maximum Gasteiger partial charge on any atom is 0.124 e. The lowest BCUT2D eigenvalue weighted by Crippen LogP contribution is -2.45. The minimum absolute atomic E-state index is 0.0675. The van der Waals surface area contributed by atoms with Crippen LogP contribution in [-0.2, 0) is 12.8 Å². The molecular weight excluding hydrogens is 292 g/mol. The van der Waals surface area contributed by atoms with Gasteiger partial charge in [0.1, 0.15) is 11.4 Å². The predicted molar refractivity (Wildman–Crippen MR) is 103 cm³/mol. The van der Waals surface area contributed by atoms with E-state index in [9.17, 15) is 0 Å². The van der Waals surface area contributed by atoms with Gasteiger partial charge in [-0.3, -0.25) is 0 Å². The lowest BCUT2D eigenvalue weighted by Gasteiger charge is -2.47. The van der Waals surface area contributed by atoms with Crippen molar-refractivity contribution in [2.45, 2.75) is 91.1 Å². The summed E-state index contributed by atoms with van der Waals surface area (Å²) in [5, 5.41) is 0. The van der Waals surface area contributed by atoms with Crippen molar-refractivity contribution in [3.05, 3.63) is 40.5 Å². The zero-order valence-corrected chi connectivity index (χ0v) is 16.2. The quantitative estimate of drug-likeness (QED) is 0.438. The van der Waals surface area contributed by atoms with Gasteiger partial charge >= 0.3 is 0 Å². The molecule has 24 heavy (non-hydrogen) atoms. The Balaban J connectivity index is 2.03. The minimum atomic E-state index is -0.0675. The Morgan fingerprint density at radius 1 is 1.17 bits per heavy atom. The second kappa shape index (κ2) is 6.94. The van der Waals surface area contributed by atoms with Gasteiger partial charge in [0.05, 0.1) is 0 Å². The number of allylic oxidation sites excluding steroid dienone is 2. The first-order valence-electron chi connectivity index (χ1n) is 9.98. The molecular formula is C23H34O. The zero-order valence-electron chi connectivity index (χ0n) is 16.2. The second-order valence-corrected chi connectivity index (χ2v) is 8.37. The van der Waals surface area contributed by atoms with E-state index in [2.05, 4.69) is 52.8 Å². The fourth-order valence-corrected chi connectivity index (χ4v) is 4.72. The highest BCUT2D eigenvalue weighted by Gasteiger charge is 2.44. The van der Waals surface area contributed by atoms with E-state index in [1.807, 2.05) is 0 Å². The van der Waals surface area contributed by atoms with Crippen molar-refractivity contribution in [2.75, 3.05) is 0 Å². The summed E-state index contributed by atoms with van der Waals surface area (Å²) in [5.41, 5.74) is 5.94. The van der Waals surface area contributed by atoms with Crippen molar-refractivity contribution in [1.82, 2.24) is 0 Å². The van der Waals surface area contributed by atoms with E-state index in [0.29, 0.717) is 11.8 Å². The molecule has 1 aromatic carbocycles. The van der Waals surface area contributed by atoms with Gasteiger partial charge in [-0.25, -0.2) is 0 Å². The van der Waals surface area contributed by atoms with Gasteiger partial charge in [0.15, 0.2) is 0 Å². The topological polar surface area (TPSA) is 9.23 Å². The smallest absolute Gasteiger partial charge is 0.124 e. The molecule has 0 fully saturated rings. The van der Waals surface area contributed by atoms with E-state index >= 15 is 0 Å². The third-order valence-corrected chi connectivity index (χ3v) is 6.08. The van der Waals surface area contributed by atoms with Crippen molar-refractivity contribution in [3.63, 3.8) is 0 Å². The molecule has 0 N–H and O–H groups in total. The van der Waals surface area contributed by atoms with Crippen molar-refractivity contribution in [2.24, 2.45) is 5.92 Å². The van der Waals surface area contributed by atoms with Crippen LogP contribution in [0.4, 0.5) is 0 Å². The number of fused-ring (bicyclic) bond motifs is 3. The Morgan fingerprint density at radius 2 is 1.96 bits per heavy atom. The summed E-state index contributed by atoms with van der Waals surface area (Å²) in [6.07, 6.45) is 11.2. The van der Waals surface area contributed by atoms with Gasteiger partial charge < -0.3 is 4.74 Å². The maximum absolute atomic E-state index is 6.58. The van der Waals surface area contributed by atoms with Crippen molar-refractivity contribution < 1.29 is 4.74 Å². The van der Waals surface area contributed by atoms with Gasteiger partial charge in [-0.05, 0) is 70.1 Å². The van der Waals surface area contributed by atoms with Crippen molar-refractivity contribution >= 4 is 0 Å². The summed E-state index contributed by atoms with van der Waals surface area (Å²) in [5.74, 6) is 2.31. The van der Waals surface area contributed by atoms with Crippen LogP contribution in [0.1, 0.15) is 89.3 Å². The van der Waals surface area contributed by atoms with E-state index in [4.69, 9.17) is 4.74 Å². The van der Waals surface area contributed by atoms with Gasteiger partial charge in [-0.1, -0.05) is 44.4 Å². The number of hydrogen-bond donors (Lipinski definition) is 0. The normalized spacial score (nSPS) is 24.6. The Morgan fingerprint density at radius 3 is 2.67 bits per heavy atom. The van der Waals surface area contributed by atoms with Crippen molar-refractivity contribution in [3.8, 4) is 5.75 Å². The van der Waals surface area contributed by atoms with E-state index in [-0.39, 0.29) is 5.60 Å². The van der Waals surface area contributed by atoms with Crippen LogP contribution < -0.4 is 4.74 Å². The molecule has 0 saturated heterocycles. The first-order chi connectivity index (χ1) is 11.5. The van der Waals surface area contributed by atoms with Crippen LogP contribution in [0.15, 0.2) is 23.8 Å². The van der Waals surface area contributed by atoms with Crippen LogP contribution in [0.5, 0.6) is 5.75 Å². The highest BCUT2D eigenvalue weighted by Crippen LogP contribution is 2.52. The Labute approximate surface area is 148 Å². The molecule has 0 aromatic heterocycles. The Bertz CT molecular complexity index is 623. The number of hydrogen-bond acceptors (Lipinski definition) is 1. The molecule has 2 atom stereocenters. The van der Waals surface area contributed by atoms with Gasteiger partial charge in [0.25, 0.3) is 0 Å². The molecule has 3 rings (SSSR count). The summed E-state index contributed by atoms with van der Waals surface area (Å²) in [4.78, 5) is 0. The summed E-state index contributed by atoms with van der Waals surface area (Å²) in [6.45, 7) is 11.4. The lowest BCUT2D eigenvalue weighted by molar-refractivity contribution is 0.0112. The average molecular weight is 327 g/mol. The van der Waals surface area contributed by atoms with Gasteiger partial charge in [-0.2, -0.15) is 0 Å². The Hall–Kier alpha value is -1.24. The Kier molecular flexibility index (Phi) is 5.08. The molecule has 2 aliphatic rings. The second-order valence-electron chi connectivity index (χ2n) is 8.37. The predicted octanol–water partition coefficient (Wildman–Crippen LogP) is 6.59. The number of aryl methyl sites for hydroxylation is 2. The molecule has 0 saturated carbocycles. The molecule has 0 amide bonds. The van der Waals surface area contributed by atoms with Crippen molar-refractivity contribution in [1.29, 1.82) is 0 Å². The fraction of sp³-hybridized carbons (Fsp3) is 0.652. The van der Waals surface area contributed by atoms with Crippen LogP contribution in [-0.4, -0.2) is 5.60 Å². The molecule has 1 aliphatic carbocycles. The molecule has 0 spiro atoms. The van der Waals surface area contributed by atoms with E-state index in [1.165, 1.54) is 55.2 Å². The van der Waals surface area contributed by atoms with Crippen LogP contribution >= 0.6 is 0 Å². The minimum Gasteiger partial charge on any atom is -0.487 e. The number of benzene rings is 1. The molecule has 2 unspecified atom stereocenters. The third kappa shape index (κ3) is 3.27. The molecule has 132 valence electrons. The first kappa shape index (κ1) is 17.6. The molecule has 0 bridgehead atoms. The van der Waals surface area contributed by atoms with Crippen LogP contribution in [0.2, 0.25) is 0 Å². The zero-order chi connectivity index (χ0) is 17.3. The summed E-state index contributed by atoms with van der Waals surface area (Å²) in [6, 6.07) is 4.81.